The van der Waals surface area contributed by atoms with Crippen LogP contribution in [0.15, 0.2) is 30.3 Å². The minimum atomic E-state index is -0.472. The fourth-order valence-corrected chi connectivity index (χ4v) is 1.60. The third-order valence-electron chi connectivity index (χ3n) is 2.49. The van der Waals surface area contributed by atoms with Crippen molar-refractivity contribution in [2.24, 2.45) is 5.73 Å². The standard InChI is InChI=1S/C13H20N2O2/c1-2-3-9-12(15-17-10-13(14)16)11-7-5-4-6-8-11/h4-8,12,15H,2-3,9-10H2,1H3,(H2,14,16). The molecule has 1 amide bonds. The van der Waals surface area contributed by atoms with E-state index in [2.05, 4.69) is 12.4 Å². The van der Waals surface area contributed by atoms with Crippen molar-refractivity contribution in [1.82, 2.24) is 5.48 Å². The number of amides is 1. The van der Waals surface area contributed by atoms with Crippen molar-refractivity contribution < 1.29 is 9.63 Å². The molecule has 0 bridgehead atoms. The van der Waals surface area contributed by atoms with Gasteiger partial charge < -0.3 is 5.73 Å². The van der Waals surface area contributed by atoms with Gasteiger partial charge >= 0.3 is 0 Å². The number of unbranched alkanes of at least 4 members (excludes halogenated alkanes) is 1. The molecule has 0 aliphatic carbocycles. The van der Waals surface area contributed by atoms with Crippen molar-refractivity contribution in [3.05, 3.63) is 35.9 Å². The minimum Gasteiger partial charge on any atom is -0.368 e. The Hall–Kier alpha value is -1.39. The van der Waals surface area contributed by atoms with Gasteiger partial charge in [0.1, 0.15) is 6.61 Å². The summed E-state index contributed by atoms with van der Waals surface area (Å²) >= 11 is 0. The average molecular weight is 236 g/mol. The number of carbonyl (C=O) groups excluding carboxylic acids is 1. The van der Waals surface area contributed by atoms with Crippen molar-refractivity contribution in [1.29, 1.82) is 0 Å². The lowest BCUT2D eigenvalue weighted by atomic mass is 10.0. The third-order valence-corrected chi connectivity index (χ3v) is 2.49. The summed E-state index contributed by atoms with van der Waals surface area (Å²) in [5, 5.41) is 0. The minimum absolute atomic E-state index is 0.102. The summed E-state index contributed by atoms with van der Waals surface area (Å²) in [6.07, 6.45) is 3.20. The van der Waals surface area contributed by atoms with Gasteiger partial charge in [-0.1, -0.05) is 50.1 Å². The van der Waals surface area contributed by atoms with Gasteiger partial charge in [-0.3, -0.25) is 9.63 Å². The third kappa shape index (κ3) is 5.47. The van der Waals surface area contributed by atoms with Crippen LogP contribution < -0.4 is 11.2 Å². The zero-order chi connectivity index (χ0) is 12.5. The van der Waals surface area contributed by atoms with Crippen molar-refractivity contribution in [3.8, 4) is 0 Å². The molecule has 1 atom stereocenters. The van der Waals surface area contributed by atoms with Gasteiger partial charge in [0.2, 0.25) is 5.91 Å². The molecule has 0 spiro atoms. The second kappa shape index (κ2) is 7.81. The Bertz CT molecular complexity index is 327. The molecule has 3 N–H and O–H groups in total. The molecule has 0 saturated heterocycles. The van der Waals surface area contributed by atoms with Crippen molar-refractivity contribution >= 4 is 5.91 Å². The van der Waals surface area contributed by atoms with Crippen LogP contribution in [0.5, 0.6) is 0 Å². The molecule has 17 heavy (non-hydrogen) atoms. The molecule has 0 radical (unpaired) electrons. The molecule has 0 fully saturated rings. The Labute approximate surface area is 102 Å². The van der Waals surface area contributed by atoms with Crippen molar-refractivity contribution in [3.63, 3.8) is 0 Å². The molecule has 1 aromatic rings. The number of benzene rings is 1. The number of hydrogen-bond acceptors (Lipinski definition) is 3. The topological polar surface area (TPSA) is 64.3 Å². The number of nitrogens with two attached hydrogens (primary N) is 1. The second-order valence-corrected chi connectivity index (χ2v) is 3.98. The summed E-state index contributed by atoms with van der Waals surface area (Å²) in [4.78, 5) is 15.7. The number of rotatable bonds is 8. The van der Waals surface area contributed by atoms with E-state index in [-0.39, 0.29) is 12.6 Å². The summed E-state index contributed by atoms with van der Waals surface area (Å²) in [5.41, 5.74) is 9.07. The molecule has 0 aromatic heterocycles. The van der Waals surface area contributed by atoms with Crippen LogP contribution >= 0.6 is 0 Å². The summed E-state index contributed by atoms with van der Waals surface area (Å²) in [6, 6.07) is 10.1. The summed E-state index contributed by atoms with van der Waals surface area (Å²) in [7, 11) is 0. The van der Waals surface area contributed by atoms with Crippen molar-refractivity contribution in [2.45, 2.75) is 32.2 Å². The molecule has 1 aromatic carbocycles. The molecular weight excluding hydrogens is 216 g/mol. The van der Waals surface area contributed by atoms with Crippen LogP contribution in [0.2, 0.25) is 0 Å². The normalized spacial score (nSPS) is 12.3. The van der Waals surface area contributed by atoms with Gasteiger partial charge in [0, 0.05) is 0 Å². The van der Waals surface area contributed by atoms with E-state index >= 15 is 0 Å². The van der Waals surface area contributed by atoms with E-state index in [1.165, 1.54) is 0 Å². The van der Waals surface area contributed by atoms with Gasteiger partial charge in [0.05, 0.1) is 6.04 Å². The first-order chi connectivity index (χ1) is 8.24. The fraction of sp³-hybridized carbons (Fsp3) is 0.462. The smallest absolute Gasteiger partial charge is 0.245 e. The maximum Gasteiger partial charge on any atom is 0.245 e. The van der Waals surface area contributed by atoms with Gasteiger partial charge in [0.25, 0.3) is 0 Å². The molecule has 94 valence electrons. The molecule has 0 heterocycles. The number of nitrogens with one attached hydrogen (secondary N) is 1. The molecular formula is C13H20N2O2. The molecule has 0 saturated carbocycles. The van der Waals surface area contributed by atoms with E-state index in [0.717, 1.165) is 24.8 Å². The Morgan fingerprint density at radius 1 is 1.41 bits per heavy atom. The first kappa shape index (κ1) is 13.7. The second-order valence-electron chi connectivity index (χ2n) is 3.98. The van der Waals surface area contributed by atoms with E-state index in [0.29, 0.717) is 0 Å². The molecule has 1 unspecified atom stereocenters. The van der Waals surface area contributed by atoms with Crippen LogP contribution in [-0.4, -0.2) is 12.5 Å². The quantitative estimate of drug-likeness (QED) is 0.678. The number of carbonyl (C=O) groups is 1. The molecule has 1 rings (SSSR count). The highest BCUT2D eigenvalue weighted by Gasteiger charge is 2.10. The maximum atomic E-state index is 10.6. The SMILES string of the molecule is CCCCC(NOCC(N)=O)c1ccccc1. The predicted molar refractivity (Wildman–Crippen MR) is 67.0 cm³/mol. The largest absolute Gasteiger partial charge is 0.368 e. The molecule has 4 heteroatoms. The van der Waals surface area contributed by atoms with Crippen LogP contribution in [0.3, 0.4) is 0 Å². The molecule has 0 aliphatic rings. The lowest BCUT2D eigenvalue weighted by molar-refractivity contribution is -0.126. The lowest BCUT2D eigenvalue weighted by Gasteiger charge is -2.18. The Balaban J connectivity index is 2.51. The maximum absolute atomic E-state index is 10.6. The van der Waals surface area contributed by atoms with Gasteiger partial charge in [-0.2, -0.15) is 5.48 Å². The van der Waals surface area contributed by atoms with Gasteiger partial charge in [-0.25, -0.2) is 0 Å². The first-order valence-corrected chi connectivity index (χ1v) is 5.94. The average Bonchev–Trinajstić information content (AvgIpc) is 2.34. The van der Waals surface area contributed by atoms with E-state index in [1.807, 2.05) is 30.3 Å². The zero-order valence-corrected chi connectivity index (χ0v) is 10.2. The first-order valence-electron chi connectivity index (χ1n) is 5.94. The highest BCUT2D eigenvalue weighted by molar-refractivity contribution is 5.74. The van der Waals surface area contributed by atoms with Gasteiger partial charge in [-0.05, 0) is 12.0 Å². The zero-order valence-electron chi connectivity index (χ0n) is 10.2. The fourth-order valence-electron chi connectivity index (χ4n) is 1.60. The van der Waals surface area contributed by atoms with Crippen LogP contribution in [0.25, 0.3) is 0 Å². The predicted octanol–water partition coefficient (Wildman–Crippen LogP) is 1.92. The Morgan fingerprint density at radius 3 is 2.71 bits per heavy atom. The number of hydrogen-bond donors (Lipinski definition) is 2. The highest BCUT2D eigenvalue weighted by atomic mass is 16.6. The summed E-state index contributed by atoms with van der Waals surface area (Å²) < 4.78 is 0. The summed E-state index contributed by atoms with van der Waals surface area (Å²) in [6.45, 7) is 2.04. The monoisotopic (exact) mass is 236 g/mol. The Kier molecular flexibility index (Phi) is 6.29. The Morgan fingerprint density at radius 2 is 2.12 bits per heavy atom. The van der Waals surface area contributed by atoms with E-state index in [4.69, 9.17) is 10.6 Å². The van der Waals surface area contributed by atoms with Crippen LogP contribution in [-0.2, 0) is 9.63 Å². The number of hydroxylamine groups is 1. The van der Waals surface area contributed by atoms with E-state index in [9.17, 15) is 4.79 Å². The van der Waals surface area contributed by atoms with Gasteiger partial charge in [0.15, 0.2) is 0 Å². The number of primary amides is 1. The van der Waals surface area contributed by atoms with Crippen LogP contribution in [0.1, 0.15) is 37.8 Å². The summed E-state index contributed by atoms with van der Waals surface area (Å²) in [5.74, 6) is -0.472. The van der Waals surface area contributed by atoms with Crippen LogP contribution in [0, 0.1) is 0 Å². The highest BCUT2D eigenvalue weighted by Crippen LogP contribution is 2.18. The lowest BCUT2D eigenvalue weighted by Crippen LogP contribution is -2.28. The van der Waals surface area contributed by atoms with Crippen molar-refractivity contribution in [2.75, 3.05) is 6.61 Å². The molecule has 0 aliphatic heterocycles. The molecule has 4 nitrogen and oxygen atoms in total. The van der Waals surface area contributed by atoms with E-state index in [1.54, 1.807) is 0 Å². The van der Waals surface area contributed by atoms with E-state index < -0.39 is 5.91 Å². The van der Waals surface area contributed by atoms with Crippen LogP contribution in [0.4, 0.5) is 0 Å². The van der Waals surface area contributed by atoms with Gasteiger partial charge in [-0.15, -0.1) is 0 Å².